The standard InChI is InChI=1S/C14H18ClN3O3/c1-20-7-6-16-13(19)9-18-10-4-3-5-11(21-2)14(10)17-12(18)8-15/h3-5H,6-9H2,1-2H3,(H,16,19). The maximum Gasteiger partial charge on any atom is 0.240 e. The number of imidazole rings is 1. The number of benzene rings is 1. The normalized spacial score (nSPS) is 10.8. The maximum atomic E-state index is 12.0. The van der Waals surface area contributed by atoms with Gasteiger partial charge in [-0.25, -0.2) is 4.98 Å². The van der Waals surface area contributed by atoms with Gasteiger partial charge in [-0.15, -0.1) is 11.6 Å². The van der Waals surface area contributed by atoms with Crippen molar-refractivity contribution in [1.29, 1.82) is 0 Å². The molecule has 0 saturated heterocycles. The SMILES string of the molecule is COCCNC(=O)Cn1c(CCl)nc2c(OC)cccc21. The summed E-state index contributed by atoms with van der Waals surface area (Å²) in [6.07, 6.45) is 0. The summed E-state index contributed by atoms with van der Waals surface area (Å²) in [6.45, 7) is 1.11. The van der Waals surface area contributed by atoms with Crippen LogP contribution in [0.5, 0.6) is 5.75 Å². The Balaban J connectivity index is 2.27. The molecule has 1 aromatic heterocycles. The lowest BCUT2D eigenvalue weighted by Crippen LogP contribution is -2.30. The number of hydrogen-bond donors (Lipinski definition) is 1. The highest BCUT2D eigenvalue weighted by atomic mass is 35.5. The van der Waals surface area contributed by atoms with Gasteiger partial charge in [-0.3, -0.25) is 4.79 Å². The van der Waals surface area contributed by atoms with E-state index in [1.165, 1.54) is 0 Å². The summed E-state index contributed by atoms with van der Waals surface area (Å²) in [6, 6.07) is 5.58. The van der Waals surface area contributed by atoms with Gasteiger partial charge in [0.05, 0.1) is 25.1 Å². The van der Waals surface area contributed by atoms with Crippen molar-refractivity contribution in [2.75, 3.05) is 27.4 Å². The predicted octanol–water partition coefficient (Wildman–Crippen LogP) is 1.55. The fourth-order valence-electron chi connectivity index (χ4n) is 2.10. The van der Waals surface area contributed by atoms with Crippen molar-refractivity contribution < 1.29 is 14.3 Å². The number of nitrogens with one attached hydrogen (secondary N) is 1. The number of ether oxygens (including phenoxy) is 2. The molecule has 21 heavy (non-hydrogen) atoms. The first-order valence-electron chi connectivity index (χ1n) is 6.55. The van der Waals surface area contributed by atoms with Crippen LogP contribution >= 0.6 is 11.6 Å². The fraction of sp³-hybridized carbons (Fsp3) is 0.429. The second-order valence-electron chi connectivity index (χ2n) is 4.42. The van der Waals surface area contributed by atoms with Crippen molar-refractivity contribution in [3.63, 3.8) is 0 Å². The van der Waals surface area contributed by atoms with Gasteiger partial charge in [0, 0.05) is 13.7 Å². The van der Waals surface area contributed by atoms with Crippen LogP contribution in [0, 0.1) is 0 Å². The molecule has 0 saturated carbocycles. The number of amides is 1. The number of halogens is 1. The quantitative estimate of drug-likeness (QED) is 0.622. The number of alkyl halides is 1. The van der Waals surface area contributed by atoms with Crippen molar-refractivity contribution >= 4 is 28.5 Å². The number of carbonyl (C=O) groups excluding carboxylic acids is 1. The van der Waals surface area contributed by atoms with E-state index in [0.717, 1.165) is 5.52 Å². The van der Waals surface area contributed by atoms with Crippen LogP contribution in [0.4, 0.5) is 0 Å². The van der Waals surface area contributed by atoms with Gasteiger partial charge in [0.25, 0.3) is 0 Å². The van der Waals surface area contributed by atoms with Crippen molar-refractivity contribution in [2.24, 2.45) is 0 Å². The Bertz CT molecular complexity index is 627. The number of aromatic nitrogens is 2. The first-order valence-corrected chi connectivity index (χ1v) is 7.08. The van der Waals surface area contributed by atoms with Crippen LogP contribution < -0.4 is 10.1 Å². The summed E-state index contributed by atoms with van der Waals surface area (Å²) in [4.78, 5) is 16.4. The van der Waals surface area contributed by atoms with Crippen molar-refractivity contribution in [3.05, 3.63) is 24.0 Å². The Morgan fingerprint density at radius 1 is 1.43 bits per heavy atom. The topological polar surface area (TPSA) is 65.4 Å². The lowest BCUT2D eigenvalue weighted by molar-refractivity contribution is -0.121. The lowest BCUT2D eigenvalue weighted by atomic mass is 10.3. The number of hydrogen-bond acceptors (Lipinski definition) is 4. The molecular formula is C14H18ClN3O3. The minimum atomic E-state index is -0.111. The molecule has 0 aliphatic carbocycles. The first-order chi connectivity index (χ1) is 10.2. The summed E-state index contributed by atoms with van der Waals surface area (Å²) in [5, 5.41) is 2.78. The largest absolute Gasteiger partial charge is 0.494 e. The van der Waals surface area contributed by atoms with Gasteiger partial charge in [-0.1, -0.05) is 6.07 Å². The molecule has 1 heterocycles. The van der Waals surface area contributed by atoms with E-state index in [-0.39, 0.29) is 18.3 Å². The highest BCUT2D eigenvalue weighted by molar-refractivity contribution is 6.17. The van der Waals surface area contributed by atoms with Gasteiger partial charge in [-0.2, -0.15) is 0 Å². The molecule has 0 atom stereocenters. The van der Waals surface area contributed by atoms with Crippen LogP contribution in [-0.4, -0.2) is 42.8 Å². The van der Waals surface area contributed by atoms with Crippen LogP contribution in [-0.2, 0) is 22.0 Å². The highest BCUT2D eigenvalue weighted by Crippen LogP contribution is 2.26. The van der Waals surface area contributed by atoms with E-state index >= 15 is 0 Å². The molecule has 114 valence electrons. The fourth-order valence-corrected chi connectivity index (χ4v) is 2.31. The Morgan fingerprint density at radius 2 is 2.24 bits per heavy atom. The molecule has 2 aromatic rings. The average Bonchev–Trinajstić information content (AvgIpc) is 2.85. The van der Waals surface area contributed by atoms with E-state index in [9.17, 15) is 4.79 Å². The van der Waals surface area contributed by atoms with Gasteiger partial charge in [-0.05, 0) is 12.1 Å². The molecule has 0 fully saturated rings. The van der Waals surface area contributed by atoms with Crippen LogP contribution in [0.25, 0.3) is 11.0 Å². The van der Waals surface area contributed by atoms with Crippen molar-refractivity contribution in [1.82, 2.24) is 14.9 Å². The third-order valence-corrected chi connectivity index (χ3v) is 3.33. The summed E-state index contributed by atoms with van der Waals surface area (Å²) in [5.74, 6) is 1.42. The van der Waals surface area contributed by atoms with Crippen LogP contribution in [0.2, 0.25) is 0 Å². The van der Waals surface area contributed by atoms with E-state index in [4.69, 9.17) is 21.1 Å². The van der Waals surface area contributed by atoms with Gasteiger partial charge in [0.1, 0.15) is 23.6 Å². The second-order valence-corrected chi connectivity index (χ2v) is 4.69. The summed E-state index contributed by atoms with van der Waals surface area (Å²) >= 11 is 5.93. The summed E-state index contributed by atoms with van der Waals surface area (Å²) < 4.78 is 12.0. The molecule has 0 aliphatic heterocycles. The van der Waals surface area contributed by atoms with Crippen molar-refractivity contribution in [2.45, 2.75) is 12.4 Å². The molecule has 1 aromatic carbocycles. The maximum absolute atomic E-state index is 12.0. The molecule has 0 bridgehead atoms. The van der Waals surface area contributed by atoms with E-state index in [2.05, 4.69) is 10.3 Å². The molecular weight excluding hydrogens is 294 g/mol. The first kappa shape index (κ1) is 15.6. The van der Waals surface area contributed by atoms with Crippen LogP contribution in [0.15, 0.2) is 18.2 Å². The number of fused-ring (bicyclic) bond motifs is 1. The predicted molar refractivity (Wildman–Crippen MR) is 80.7 cm³/mol. The molecule has 6 nitrogen and oxygen atoms in total. The molecule has 1 amide bonds. The van der Waals surface area contributed by atoms with Crippen LogP contribution in [0.3, 0.4) is 0 Å². The Hall–Kier alpha value is -1.79. The number of rotatable bonds is 7. The zero-order valence-corrected chi connectivity index (χ0v) is 12.8. The summed E-state index contributed by atoms with van der Waals surface area (Å²) in [5.41, 5.74) is 1.53. The number of nitrogens with zero attached hydrogens (tertiary/aromatic N) is 2. The zero-order chi connectivity index (χ0) is 15.2. The zero-order valence-electron chi connectivity index (χ0n) is 12.1. The number of methoxy groups -OCH3 is 2. The molecule has 0 aliphatic rings. The van der Waals surface area contributed by atoms with Crippen molar-refractivity contribution in [3.8, 4) is 5.75 Å². The van der Waals surface area contributed by atoms with E-state index in [1.54, 1.807) is 18.8 Å². The van der Waals surface area contributed by atoms with Gasteiger partial charge in [0.2, 0.25) is 5.91 Å². The third-order valence-electron chi connectivity index (χ3n) is 3.09. The number of carbonyl (C=O) groups is 1. The molecule has 0 unspecified atom stereocenters. The minimum absolute atomic E-state index is 0.111. The van der Waals surface area contributed by atoms with E-state index in [1.807, 2.05) is 18.2 Å². The second kappa shape index (κ2) is 7.28. The van der Waals surface area contributed by atoms with E-state index < -0.39 is 0 Å². The lowest BCUT2D eigenvalue weighted by Gasteiger charge is -2.08. The Labute approximate surface area is 128 Å². The molecule has 7 heteroatoms. The third kappa shape index (κ3) is 3.46. The highest BCUT2D eigenvalue weighted by Gasteiger charge is 2.15. The Kier molecular flexibility index (Phi) is 5.41. The van der Waals surface area contributed by atoms with Gasteiger partial charge >= 0.3 is 0 Å². The average molecular weight is 312 g/mol. The minimum Gasteiger partial charge on any atom is -0.494 e. The Morgan fingerprint density at radius 3 is 2.90 bits per heavy atom. The van der Waals surface area contributed by atoms with Crippen LogP contribution in [0.1, 0.15) is 5.82 Å². The summed E-state index contributed by atoms with van der Waals surface area (Å²) in [7, 11) is 3.18. The molecule has 2 rings (SSSR count). The number of para-hydroxylation sites is 1. The molecule has 0 radical (unpaired) electrons. The van der Waals surface area contributed by atoms with E-state index in [0.29, 0.717) is 30.2 Å². The molecule has 0 spiro atoms. The van der Waals surface area contributed by atoms with Gasteiger partial charge < -0.3 is 19.4 Å². The van der Waals surface area contributed by atoms with Gasteiger partial charge in [0.15, 0.2) is 0 Å². The monoisotopic (exact) mass is 311 g/mol. The molecule has 1 N–H and O–H groups in total. The smallest absolute Gasteiger partial charge is 0.240 e.